The van der Waals surface area contributed by atoms with Crippen molar-refractivity contribution in [2.45, 2.75) is 12.5 Å². The van der Waals surface area contributed by atoms with Gasteiger partial charge in [0.25, 0.3) is 0 Å². The van der Waals surface area contributed by atoms with Gasteiger partial charge < -0.3 is 21.1 Å². The number of amides is 2. The molecule has 6 nitrogen and oxygen atoms in total. The third-order valence-corrected chi connectivity index (χ3v) is 5.22. The van der Waals surface area contributed by atoms with Crippen molar-refractivity contribution in [3.05, 3.63) is 89.5 Å². The first-order valence-corrected chi connectivity index (χ1v) is 9.87. The van der Waals surface area contributed by atoms with Crippen LogP contribution in [0.4, 0.5) is 4.79 Å². The minimum Gasteiger partial charge on any atom is -0.493 e. The lowest BCUT2D eigenvalue weighted by molar-refractivity contribution is 0.238. The van der Waals surface area contributed by atoms with E-state index < -0.39 is 0 Å². The third kappa shape index (κ3) is 4.43. The monoisotopic (exact) mass is 400 g/mol. The Morgan fingerprint density at radius 2 is 1.73 bits per heavy atom. The van der Waals surface area contributed by atoms with E-state index in [1.54, 1.807) is 6.07 Å². The van der Waals surface area contributed by atoms with E-state index in [1.807, 2.05) is 42.5 Å². The van der Waals surface area contributed by atoms with Gasteiger partial charge in [-0.05, 0) is 34.9 Å². The smallest absolute Gasteiger partial charge is 0.315 e. The molecule has 152 valence electrons. The number of nitrogens with one attached hydrogen (secondary N) is 3. The van der Waals surface area contributed by atoms with Crippen LogP contribution in [0.25, 0.3) is 11.1 Å². The minimum absolute atomic E-state index is 0.0208. The summed E-state index contributed by atoms with van der Waals surface area (Å²) >= 11 is 0. The summed E-state index contributed by atoms with van der Waals surface area (Å²) in [5.41, 5.74) is 10.6. The molecule has 0 fully saturated rings. The van der Waals surface area contributed by atoms with Crippen LogP contribution in [0.1, 0.15) is 22.6 Å². The maximum atomic E-state index is 12.2. The first-order chi connectivity index (χ1) is 14.6. The Morgan fingerprint density at radius 3 is 2.47 bits per heavy atom. The average Bonchev–Trinajstić information content (AvgIpc) is 3.19. The van der Waals surface area contributed by atoms with Crippen molar-refractivity contribution in [3.63, 3.8) is 0 Å². The molecular formula is C24H24N4O2. The zero-order chi connectivity index (χ0) is 20.9. The highest BCUT2D eigenvalue weighted by molar-refractivity contribution is 5.95. The van der Waals surface area contributed by atoms with Crippen LogP contribution in [-0.4, -0.2) is 25.0 Å². The Kier molecular flexibility index (Phi) is 5.66. The molecule has 5 N–H and O–H groups in total. The molecule has 2 amide bonds. The van der Waals surface area contributed by atoms with E-state index in [2.05, 4.69) is 34.9 Å². The zero-order valence-electron chi connectivity index (χ0n) is 16.5. The lowest BCUT2D eigenvalue weighted by Gasteiger charge is -2.12. The van der Waals surface area contributed by atoms with Crippen LogP contribution in [0.5, 0.6) is 5.75 Å². The number of nitrogens with two attached hydrogens (primary N) is 1. The number of nitrogen functional groups attached to an aromatic ring is 1. The fourth-order valence-corrected chi connectivity index (χ4v) is 3.52. The highest BCUT2D eigenvalue weighted by atomic mass is 16.5. The van der Waals surface area contributed by atoms with Crippen molar-refractivity contribution in [3.8, 4) is 16.9 Å². The quantitative estimate of drug-likeness (QED) is 0.376. The highest BCUT2D eigenvalue weighted by Crippen LogP contribution is 2.34. The number of ether oxygens (including phenoxy) is 1. The van der Waals surface area contributed by atoms with Gasteiger partial charge in [-0.3, -0.25) is 5.41 Å². The molecule has 3 aromatic rings. The number of rotatable bonds is 6. The molecule has 0 radical (unpaired) electrons. The number of amidine groups is 1. The molecule has 1 unspecified atom stereocenters. The van der Waals surface area contributed by atoms with Crippen molar-refractivity contribution >= 4 is 11.9 Å². The van der Waals surface area contributed by atoms with Gasteiger partial charge in [0, 0.05) is 30.1 Å². The van der Waals surface area contributed by atoms with Gasteiger partial charge in [-0.15, -0.1) is 0 Å². The van der Waals surface area contributed by atoms with Gasteiger partial charge in [-0.1, -0.05) is 54.6 Å². The molecule has 0 aliphatic carbocycles. The Balaban J connectivity index is 1.28. The summed E-state index contributed by atoms with van der Waals surface area (Å²) in [6.07, 6.45) is 0. The predicted molar refractivity (Wildman–Crippen MR) is 118 cm³/mol. The largest absolute Gasteiger partial charge is 0.493 e. The molecule has 1 atom stereocenters. The molecule has 0 bridgehead atoms. The molecule has 3 aromatic carbocycles. The second-order valence-electron chi connectivity index (χ2n) is 7.30. The number of hydrogen-bond donors (Lipinski definition) is 4. The molecule has 1 aliphatic heterocycles. The van der Waals surface area contributed by atoms with E-state index in [-0.39, 0.29) is 17.8 Å². The number of fused-ring (bicyclic) bond motifs is 1. The van der Waals surface area contributed by atoms with Crippen LogP contribution in [0, 0.1) is 5.41 Å². The van der Waals surface area contributed by atoms with E-state index in [0.717, 1.165) is 22.4 Å². The van der Waals surface area contributed by atoms with Gasteiger partial charge in [-0.25, -0.2) is 4.79 Å². The minimum atomic E-state index is -0.224. The molecular weight excluding hydrogens is 376 g/mol. The van der Waals surface area contributed by atoms with Gasteiger partial charge >= 0.3 is 6.03 Å². The molecule has 30 heavy (non-hydrogen) atoms. The summed E-state index contributed by atoms with van der Waals surface area (Å²) in [5.74, 6) is 0.841. The molecule has 0 saturated carbocycles. The van der Waals surface area contributed by atoms with Crippen molar-refractivity contribution in [1.29, 1.82) is 5.41 Å². The maximum absolute atomic E-state index is 12.2. The van der Waals surface area contributed by atoms with Crippen molar-refractivity contribution in [2.75, 3.05) is 13.2 Å². The number of carbonyl (C=O) groups is 1. The standard InChI is InChI=1S/C24H24N4O2/c25-23(26)19-10-11-22-21(12-19)20(15-30-22)14-28-24(29)27-13-16-6-8-18(9-7-16)17-4-2-1-3-5-17/h1-12,20H,13-15H2,(H3,25,26)(H2,27,28,29). The number of hydrogen-bond acceptors (Lipinski definition) is 3. The van der Waals surface area contributed by atoms with E-state index in [0.29, 0.717) is 25.3 Å². The molecule has 0 saturated heterocycles. The zero-order valence-corrected chi connectivity index (χ0v) is 16.5. The summed E-state index contributed by atoms with van der Waals surface area (Å²) < 4.78 is 5.67. The van der Waals surface area contributed by atoms with Crippen LogP contribution < -0.4 is 21.1 Å². The molecule has 0 aromatic heterocycles. The summed E-state index contributed by atoms with van der Waals surface area (Å²) in [4.78, 5) is 12.2. The van der Waals surface area contributed by atoms with Crippen molar-refractivity contribution < 1.29 is 9.53 Å². The molecule has 4 rings (SSSR count). The number of benzene rings is 3. The Labute approximate surface area is 175 Å². The second-order valence-corrected chi connectivity index (χ2v) is 7.30. The van der Waals surface area contributed by atoms with Gasteiger partial charge in [-0.2, -0.15) is 0 Å². The van der Waals surface area contributed by atoms with Crippen LogP contribution in [0.15, 0.2) is 72.8 Å². The number of urea groups is 1. The summed E-state index contributed by atoms with van der Waals surface area (Å²) in [7, 11) is 0. The number of carbonyl (C=O) groups excluding carboxylic acids is 1. The Bertz CT molecular complexity index is 1050. The fraction of sp³-hybridized carbons (Fsp3) is 0.167. The molecule has 6 heteroatoms. The molecule has 1 aliphatic rings. The van der Waals surface area contributed by atoms with Gasteiger partial charge in [0.15, 0.2) is 0 Å². The summed E-state index contributed by atoms with van der Waals surface area (Å²) in [5, 5.41) is 13.4. The fourth-order valence-electron chi connectivity index (χ4n) is 3.52. The SMILES string of the molecule is N=C(N)c1ccc2c(c1)C(CNC(=O)NCc1ccc(-c3ccccc3)cc1)CO2. The van der Waals surface area contributed by atoms with Crippen molar-refractivity contribution in [2.24, 2.45) is 5.73 Å². The molecule has 1 heterocycles. The highest BCUT2D eigenvalue weighted by Gasteiger charge is 2.25. The molecule has 0 spiro atoms. The van der Waals surface area contributed by atoms with E-state index in [4.69, 9.17) is 15.9 Å². The first kappa shape index (κ1) is 19.5. The predicted octanol–water partition coefficient (Wildman–Crippen LogP) is 3.61. The topological polar surface area (TPSA) is 100 Å². The maximum Gasteiger partial charge on any atom is 0.315 e. The van der Waals surface area contributed by atoms with Crippen LogP contribution >= 0.6 is 0 Å². The lowest BCUT2D eigenvalue weighted by atomic mass is 9.99. The van der Waals surface area contributed by atoms with Crippen LogP contribution in [-0.2, 0) is 6.54 Å². The normalized spacial score (nSPS) is 14.5. The van der Waals surface area contributed by atoms with Crippen LogP contribution in [0.3, 0.4) is 0 Å². The first-order valence-electron chi connectivity index (χ1n) is 9.87. The Hall–Kier alpha value is -3.80. The Morgan fingerprint density at radius 1 is 1.00 bits per heavy atom. The summed E-state index contributed by atoms with van der Waals surface area (Å²) in [6.45, 7) is 1.40. The summed E-state index contributed by atoms with van der Waals surface area (Å²) in [6, 6.07) is 23.6. The van der Waals surface area contributed by atoms with Crippen LogP contribution in [0.2, 0.25) is 0 Å². The van der Waals surface area contributed by atoms with E-state index in [9.17, 15) is 4.79 Å². The van der Waals surface area contributed by atoms with Gasteiger partial charge in [0.2, 0.25) is 0 Å². The van der Waals surface area contributed by atoms with Crippen molar-refractivity contribution in [1.82, 2.24) is 10.6 Å². The van der Waals surface area contributed by atoms with E-state index in [1.165, 1.54) is 5.56 Å². The van der Waals surface area contributed by atoms with E-state index >= 15 is 0 Å². The lowest BCUT2D eigenvalue weighted by Crippen LogP contribution is -2.37. The second kappa shape index (κ2) is 8.69. The van der Waals surface area contributed by atoms with Gasteiger partial charge in [0.05, 0.1) is 6.61 Å². The van der Waals surface area contributed by atoms with Gasteiger partial charge in [0.1, 0.15) is 11.6 Å². The average molecular weight is 400 g/mol. The third-order valence-electron chi connectivity index (χ3n) is 5.22.